The summed E-state index contributed by atoms with van der Waals surface area (Å²) in [7, 11) is 0. The third-order valence-corrected chi connectivity index (χ3v) is 3.31. The molecule has 0 fully saturated rings. The van der Waals surface area contributed by atoms with Gasteiger partial charge in [0, 0.05) is 12.0 Å². The lowest BCUT2D eigenvalue weighted by molar-refractivity contribution is 0.0926. The van der Waals surface area contributed by atoms with Crippen molar-refractivity contribution < 1.29 is 13.6 Å². The fourth-order valence-electron chi connectivity index (χ4n) is 2.40. The van der Waals surface area contributed by atoms with Gasteiger partial charge in [0.1, 0.15) is 11.5 Å². The molecule has 1 aliphatic carbocycles. The molecule has 1 amide bonds. The van der Waals surface area contributed by atoms with Gasteiger partial charge >= 0.3 is 0 Å². The maximum absolute atomic E-state index is 13.0. The maximum Gasteiger partial charge on any atom is 0.270 e. The highest BCUT2D eigenvalue weighted by atomic mass is 19.1. The third-order valence-electron chi connectivity index (χ3n) is 3.31. The number of aromatic nitrogens is 1. The number of nitrogens with one attached hydrogen (secondary N) is 1. The molecule has 19 heavy (non-hydrogen) atoms. The largest absolute Gasteiger partial charge is 0.469 e. The van der Waals surface area contributed by atoms with Crippen molar-refractivity contribution in [1.82, 2.24) is 10.3 Å². The summed E-state index contributed by atoms with van der Waals surface area (Å²) in [6.07, 6.45) is 4.35. The van der Waals surface area contributed by atoms with Crippen LogP contribution in [-0.2, 0) is 6.42 Å². The first-order valence-electron chi connectivity index (χ1n) is 6.24. The number of halogens is 1. The van der Waals surface area contributed by atoms with E-state index in [2.05, 4.69) is 10.3 Å². The number of hydrogen-bond acceptors (Lipinski definition) is 3. The summed E-state index contributed by atoms with van der Waals surface area (Å²) in [5.41, 5.74) is 1.10. The zero-order valence-electron chi connectivity index (χ0n) is 10.2. The molecule has 0 saturated heterocycles. The van der Waals surface area contributed by atoms with E-state index in [4.69, 9.17) is 4.42 Å². The van der Waals surface area contributed by atoms with Crippen LogP contribution in [0.15, 0.2) is 34.9 Å². The molecule has 5 heteroatoms. The molecule has 4 nitrogen and oxygen atoms in total. The number of furan rings is 1. The molecule has 0 spiro atoms. The molecule has 1 N–H and O–H groups in total. The van der Waals surface area contributed by atoms with Crippen LogP contribution in [0, 0.1) is 5.95 Å². The van der Waals surface area contributed by atoms with Crippen molar-refractivity contribution in [3.8, 4) is 0 Å². The quantitative estimate of drug-likeness (QED) is 0.844. The Morgan fingerprint density at radius 2 is 2.32 bits per heavy atom. The van der Waals surface area contributed by atoms with Crippen molar-refractivity contribution in [2.75, 3.05) is 0 Å². The first-order chi connectivity index (χ1) is 9.24. The normalized spacial score (nSPS) is 17.8. The van der Waals surface area contributed by atoms with E-state index in [1.54, 1.807) is 6.26 Å². The standard InChI is InChI=1S/C14H13FN2O2/c15-13-6-2-4-11(16-13)14(18)17-10-3-1-5-12-9(10)7-8-19-12/h2,4,6-8,10H,1,3,5H2,(H,17,18). The maximum atomic E-state index is 13.0. The Morgan fingerprint density at radius 3 is 3.16 bits per heavy atom. The summed E-state index contributed by atoms with van der Waals surface area (Å²) in [6.45, 7) is 0. The fraction of sp³-hybridized carbons (Fsp3) is 0.286. The Balaban J connectivity index is 1.78. The first kappa shape index (κ1) is 11.9. The summed E-state index contributed by atoms with van der Waals surface area (Å²) < 4.78 is 18.4. The van der Waals surface area contributed by atoms with Crippen LogP contribution < -0.4 is 5.32 Å². The molecular formula is C14H13FN2O2. The Kier molecular flexibility index (Phi) is 3.03. The van der Waals surface area contributed by atoms with Crippen LogP contribution in [0.3, 0.4) is 0 Å². The van der Waals surface area contributed by atoms with Crippen molar-refractivity contribution in [1.29, 1.82) is 0 Å². The summed E-state index contributed by atoms with van der Waals surface area (Å²) in [6, 6.07) is 5.98. The van der Waals surface area contributed by atoms with E-state index in [1.165, 1.54) is 18.2 Å². The number of carbonyl (C=O) groups excluding carboxylic acids is 1. The Hall–Kier alpha value is -2.17. The number of aryl methyl sites for hydroxylation is 1. The van der Waals surface area contributed by atoms with Crippen LogP contribution in [0.1, 0.15) is 40.7 Å². The number of nitrogens with zero attached hydrogens (tertiary/aromatic N) is 1. The lowest BCUT2D eigenvalue weighted by atomic mass is 9.93. The van der Waals surface area contributed by atoms with E-state index in [0.29, 0.717) is 0 Å². The Morgan fingerprint density at radius 1 is 1.42 bits per heavy atom. The van der Waals surface area contributed by atoms with Crippen molar-refractivity contribution in [2.24, 2.45) is 0 Å². The minimum atomic E-state index is -0.653. The van der Waals surface area contributed by atoms with Crippen LogP contribution in [0.5, 0.6) is 0 Å². The topological polar surface area (TPSA) is 55.1 Å². The molecule has 1 unspecified atom stereocenters. The average Bonchev–Trinajstić information content (AvgIpc) is 2.88. The highest BCUT2D eigenvalue weighted by Crippen LogP contribution is 2.30. The van der Waals surface area contributed by atoms with Gasteiger partial charge in [0.15, 0.2) is 0 Å². The predicted octanol–water partition coefficient (Wildman–Crippen LogP) is 2.62. The number of pyridine rings is 1. The minimum Gasteiger partial charge on any atom is -0.469 e. The van der Waals surface area contributed by atoms with Crippen molar-refractivity contribution in [2.45, 2.75) is 25.3 Å². The van der Waals surface area contributed by atoms with E-state index in [1.807, 2.05) is 6.07 Å². The first-order valence-corrected chi connectivity index (χ1v) is 6.24. The van der Waals surface area contributed by atoms with E-state index < -0.39 is 5.95 Å². The van der Waals surface area contributed by atoms with Crippen LogP contribution in [0.25, 0.3) is 0 Å². The summed E-state index contributed by atoms with van der Waals surface area (Å²) in [4.78, 5) is 15.6. The van der Waals surface area contributed by atoms with Gasteiger partial charge in [0.05, 0.1) is 12.3 Å². The monoisotopic (exact) mass is 260 g/mol. The van der Waals surface area contributed by atoms with Crippen LogP contribution in [-0.4, -0.2) is 10.9 Å². The number of amides is 1. The number of hydrogen-bond donors (Lipinski definition) is 1. The van der Waals surface area contributed by atoms with Crippen LogP contribution in [0.2, 0.25) is 0 Å². The molecule has 2 heterocycles. The van der Waals surface area contributed by atoms with Gasteiger partial charge < -0.3 is 9.73 Å². The molecule has 2 aromatic heterocycles. The highest BCUT2D eigenvalue weighted by molar-refractivity contribution is 5.92. The molecule has 0 aliphatic heterocycles. The van der Waals surface area contributed by atoms with E-state index >= 15 is 0 Å². The van der Waals surface area contributed by atoms with Gasteiger partial charge in [-0.2, -0.15) is 4.39 Å². The SMILES string of the molecule is O=C(NC1CCCc2occc21)c1cccc(F)n1. The van der Waals surface area contributed by atoms with E-state index in [-0.39, 0.29) is 17.6 Å². The smallest absolute Gasteiger partial charge is 0.270 e. The van der Waals surface area contributed by atoms with E-state index in [0.717, 1.165) is 30.6 Å². The van der Waals surface area contributed by atoms with Gasteiger partial charge in [-0.05, 0) is 31.0 Å². The third kappa shape index (κ3) is 2.36. The lowest BCUT2D eigenvalue weighted by Crippen LogP contribution is -2.31. The Labute approximate surface area is 109 Å². The summed E-state index contributed by atoms with van der Waals surface area (Å²) >= 11 is 0. The van der Waals surface area contributed by atoms with Crippen molar-refractivity contribution in [3.63, 3.8) is 0 Å². The molecule has 3 rings (SSSR count). The van der Waals surface area contributed by atoms with Gasteiger partial charge in [-0.15, -0.1) is 0 Å². The van der Waals surface area contributed by atoms with Crippen LogP contribution in [0.4, 0.5) is 4.39 Å². The predicted molar refractivity (Wildman–Crippen MR) is 66.0 cm³/mol. The van der Waals surface area contributed by atoms with Gasteiger partial charge in [-0.25, -0.2) is 4.98 Å². The summed E-state index contributed by atoms with van der Waals surface area (Å²) in [5, 5.41) is 2.88. The zero-order valence-corrected chi connectivity index (χ0v) is 10.2. The number of rotatable bonds is 2. The second-order valence-electron chi connectivity index (χ2n) is 4.56. The van der Waals surface area contributed by atoms with Crippen molar-refractivity contribution >= 4 is 5.91 Å². The van der Waals surface area contributed by atoms with E-state index in [9.17, 15) is 9.18 Å². The van der Waals surface area contributed by atoms with Gasteiger partial charge in [-0.1, -0.05) is 6.07 Å². The molecule has 98 valence electrons. The highest BCUT2D eigenvalue weighted by Gasteiger charge is 2.24. The average molecular weight is 260 g/mol. The molecule has 0 aromatic carbocycles. The van der Waals surface area contributed by atoms with Crippen LogP contribution >= 0.6 is 0 Å². The molecule has 0 saturated carbocycles. The second kappa shape index (κ2) is 4.84. The molecule has 2 aromatic rings. The number of fused-ring (bicyclic) bond motifs is 1. The molecule has 0 bridgehead atoms. The van der Waals surface area contributed by atoms with Crippen molar-refractivity contribution in [3.05, 3.63) is 53.5 Å². The molecular weight excluding hydrogens is 247 g/mol. The van der Waals surface area contributed by atoms with Gasteiger partial charge in [-0.3, -0.25) is 4.79 Å². The van der Waals surface area contributed by atoms with Gasteiger partial charge in [0.2, 0.25) is 5.95 Å². The van der Waals surface area contributed by atoms with Gasteiger partial charge in [0.25, 0.3) is 5.91 Å². The molecule has 0 radical (unpaired) electrons. The lowest BCUT2D eigenvalue weighted by Gasteiger charge is -2.22. The second-order valence-corrected chi connectivity index (χ2v) is 4.56. The minimum absolute atomic E-state index is 0.0833. The summed E-state index contributed by atoms with van der Waals surface area (Å²) in [5.74, 6) is -0.0948. The number of carbonyl (C=O) groups is 1. The fourth-order valence-corrected chi connectivity index (χ4v) is 2.40. The molecule has 1 aliphatic rings. The Bertz CT molecular complexity index is 609. The zero-order chi connectivity index (χ0) is 13.2. The molecule has 1 atom stereocenters.